The van der Waals surface area contributed by atoms with E-state index in [1.54, 1.807) is 12.1 Å². The topological polar surface area (TPSA) is 83.6 Å². The molecule has 1 saturated heterocycles. The summed E-state index contributed by atoms with van der Waals surface area (Å²) in [5, 5.41) is 2.83. The third kappa shape index (κ3) is 3.38. The molecule has 0 radical (unpaired) electrons. The van der Waals surface area contributed by atoms with Crippen LogP contribution >= 0.6 is 11.6 Å². The van der Waals surface area contributed by atoms with Crippen molar-refractivity contribution in [1.29, 1.82) is 0 Å². The Bertz CT molecular complexity index is 972. The van der Waals surface area contributed by atoms with E-state index in [2.05, 4.69) is 5.32 Å². The minimum atomic E-state index is -3.67. The van der Waals surface area contributed by atoms with E-state index in [4.69, 9.17) is 11.6 Å². The maximum absolute atomic E-state index is 12.4. The van der Waals surface area contributed by atoms with Crippen molar-refractivity contribution in [1.82, 2.24) is 0 Å². The maximum Gasteiger partial charge on any atom is 0.257 e. The molecule has 2 aromatic rings. The second-order valence-electron chi connectivity index (χ2n) is 5.66. The van der Waals surface area contributed by atoms with Crippen LogP contribution < -0.4 is 9.62 Å². The quantitative estimate of drug-likeness (QED) is 0.889. The van der Waals surface area contributed by atoms with Gasteiger partial charge in [-0.05, 0) is 36.8 Å². The highest BCUT2D eigenvalue weighted by molar-refractivity contribution is 7.94. The van der Waals surface area contributed by atoms with Gasteiger partial charge in [0.2, 0.25) is 15.9 Å². The number of anilines is 2. The second-order valence-corrected chi connectivity index (χ2v) is 8.00. The molecule has 0 aromatic heterocycles. The molecule has 0 atom stereocenters. The van der Waals surface area contributed by atoms with Gasteiger partial charge < -0.3 is 5.32 Å². The van der Waals surface area contributed by atoms with Gasteiger partial charge in [-0.15, -0.1) is 0 Å². The van der Waals surface area contributed by atoms with Gasteiger partial charge in [-0.3, -0.25) is 9.59 Å². The lowest BCUT2D eigenvalue weighted by molar-refractivity contribution is -0.116. The largest absolute Gasteiger partial charge is 0.322 e. The van der Waals surface area contributed by atoms with Crippen LogP contribution in [0.25, 0.3) is 0 Å². The monoisotopic (exact) mass is 378 g/mol. The van der Waals surface area contributed by atoms with Crippen molar-refractivity contribution in [2.75, 3.05) is 15.4 Å². The Morgan fingerprint density at radius 1 is 1.20 bits per heavy atom. The number of para-hydroxylation sites is 1. The lowest BCUT2D eigenvalue weighted by atomic mass is 10.1. The summed E-state index contributed by atoms with van der Waals surface area (Å²) in [6.45, 7) is 1.87. The highest BCUT2D eigenvalue weighted by atomic mass is 35.5. The summed E-state index contributed by atoms with van der Waals surface area (Å²) in [5.41, 5.74) is 1.89. The summed E-state index contributed by atoms with van der Waals surface area (Å²) in [5.74, 6) is -1.14. The van der Waals surface area contributed by atoms with Crippen molar-refractivity contribution in [3.05, 3.63) is 58.6 Å². The van der Waals surface area contributed by atoms with E-state index in [1.807, 2.05) is 19.1 Å². The fourth-order valence-electron chi connectivity index (χ4n) is 2.59. The van der Waals surface area contributed by atoms with E-state index in [0.29, 0.717) is 5.69 Å². The highest BCUT2D eigenvalue weighted by Gasteiger charge is 2.36. The van der Waals surface area contributed by atoms with E-state index in [-0.39, 0.29) is 28.4 Å². The molecule has 1 aliphatic rings. The van der Waals surface area contributed by atoms with Gasteiger partial charge in [0.1, 0.15) is 0 Å². The Labute approximate surface area is 150 Å². The van der Waals surface area contributed by atoms with E-state index >= 15 is 0 Å². The minimum Gasteiger partial charge on any atom is -0.322 e. The standard InChI is InChI=1S/C17H15ClN2O4S/c1-11-4-2-3-5-15(11)19-17(22)13-7-6-12(10-14(13)18)20-16(21)8-9-25(20,23)24/h2-7,10H,8-9H2,1H3,(H,19,22). The van der Waals surface area contributed by atoms with Gasteiger partial charge in [-0.2, -0.15) is 0 Å². The van der Waals surface area contributed by atoms with Gasteiger partial charge in [-0.1, -0.05) is 29.8 Å². The molecule has 1 N–H and O–H groups in total. The summed E-state index contributed by atoms with van der Waals surface area (Å²) in [6, 6.07) is 11.4. The average molecular weight is 379 g/mol. The fourth-order valence-corrected chi connectivity index (χ4v) is 4.30. The van der Waals surface area contributed by atoms with Crippen molar-refractivity contribution in [3.8, 4) is 0 Å². The Balaban J connectivity index is 1.89. The molecule has 0 saturated carbocycles. The molecule has 1 heterocycles. The minimum absolute atomic E-state index is 0.0600. The third-order valence-corrected chi connectivity index (χ3v) is 5.91. The third-order valence-electron chi connectivity index (χ3n) is 3.90. The summed E-state index contributed by atoms with van der Waals surface area (Å²) >= 11 is 6.16. The molecule has 8 heteroatoms. The first kappa shape index (κ1) is 17.4. The summed E-state index contributed by atoms with van der Waals surface area (Å²) < 4.78 is 24.7. The number of hydrogen-bond acceptors (Lipinski definition) is 4. The van der Waals surface area contributed by atoms with E-state index < -0.39 is 21.8 Å². The zero-order chi connectivity index (χ0) is 18.2. The van der Waals surface area contributed by atoms with Crippen LogP contribution in [0.5, 0.6) is 0 Å². The van der Waals surface area contributed by atoms with Crippen LogP contribution in [0.15, 0.2) is 42.5 Å². The van der Waals surface area contributed by atoms with Crippen LogP contribution in [0.2, 0.25) is 5.02 Å². The highest BCUT2D eigenvalue weighted by Crippen LogP contribution is 2.30. The molecule has 3 rings (SSSR count). The van der Waals surface area contributed by atoms with Crippen molar-refractivity contribution >= 4 is 44.8 Å². The number of halogens is 1. The SMILES string of the molecule is Cc1ccccc1NC(=O)c1ccc(N2C(=O)CCS2(=O)=O)cc1Cl. The molecule has 0 bridgehead atoms. The van der Waals surface area contributed by atoms with E-state index in [9.17, 15) is 18.0 Å². The van der Waals surface area contributed by atoms with Crippen LogP contribution in [0.3, 0.4) is 0 Å². The van der Waals surface area contributed by atoms with Gasteiger partial charge in [0.25, 0.3) is 5.91 Å². The van der Waals surface area contributed by atoms with Gasteiger partial charge in [0.15, 0.2) is 0 Å². The van der Waals surface area contributed by atoms with Crippen molar-refractivity contribution < 1.29 is 18.0 Å². The van der Waals surface area contributed by atoms with Crippen LogP contribution in [-0.4, -0.2) is 26.0 Å². The van der Waals surface area contributed by atoms with Crippen LogP contribution in [-0.2, 0) is 14.8 Å². The Hall–Kier alpha value is -2.38. The predicted octanol–water partition coefficient (Wildman–Crippen LogP) is 2.97. The average Bonchev–Trinajstić information content (AvgIpc) is 2.82. The first-order valence-corrected chi connectivity index (χ1v) is 9.51. The van der Waals surface area contributed by atoms with Crippen LogP contribution in [0.4, 0.5) is 11.4 Å². The molecule has 130 valence electrons. The normalized spacial score (nSPS) is 16.1. The molecule has 25 heavy (non-hydrogen) atoms. The lowest BCUT2D eigenvalue weighted by Gasteiger charge is -2.16. The first-order chi connectivity index (χ1) is 11.8. The number of nitrogens with zero attached hydrogens (tertiary/aromatic N) is 1. The molecular weight excluding hydrogens is 364 g/mol. The molecule has 0 unspecified atom stereocenters. The molecule has 0 spiro atoms. The number of aryl methyl sites for hydroxylation is 1. The van der Waals surface area contributed by atoms with Crippen LogP contribution in [0, 0.1) is 6.92 Å². The molecular formula is C17H15ClN2O4S. The molecule has 1 aliphatic heterocycles. The first-order valence-electron chi connectivity index (χ1n) is 7.52. The summed E-state index contributed by atoms with van der Waals surface area (Å²) in [4.78, 5) is 24.2. The zero-order valence-corrected chi connectivity index (χ0v) is 14.9. The molecule has 2 aromatic carbocycles. The Morgan fingerprint density at radius 3 is 2.52 bits per heavy atom. The molecule has 1 fully saturated rings. The van der Waals surface area contributed by atoms with Crippen molar-refractivity contribution in [2.24, 2.45) is 0 Å². The van der Waals surface area contributed by atoms with E-state index in [1.165, 1.54) is 18.2 Å². The van der Waals surface area contributed by atoms with Gasteiger partial charge >= 0.3 is 0 Å². The number of amides is 2. The number of sulfonamides is 1. The zero-order valence-electron chi connectivity index (χ0n) is 13.3. The maximum atomic E-state index is 12.4. The van der Waals surface area contributed by atoms with Gasteiger partial charge in [-0.25, -0.2) is 12.7 Å². The number of nitrogens with one attached hydrogen (secondary N) is 1. The van der Waals surface area contributed by atoms with Gasteiger partial charge in [0.05, 0.1) is 22.0 Å². The molecule has 6 nitrogen and oxygen atoms in total. The molecule has 2 amide bonds. The summed E-state index contributed by atoms with van der Waals surface area (Å²) in [6.07, 6.45) is -0.0600. The molecule has 0 aliphatic carbocycles. The summed E-state index contributed by atoms with van der Waals surface area (Å²) in [7, 11) is -3.67. The van der Waals surface area contributed by atoms with Crippen molar-refractivity contribution in [3.63, 3.8) is 0 Å². The number of rotatable bonds is 3. The number of carbonyl (C=O) groups is 2. The Kier molecular flexibility index (Phi) is 4.53. The van der Waals surface area contributed by atoms with Gasteiger partial charge in [0, 0.05) is 12.1 Å². The smallest absolute Gasteiger partial charge is 0.257 e. The lowest BCUT2D eigenvalue weighted by Crippen LogP contribution is -2.29. The second kappa shape index (κ2) is 6.50. The number of carbonyl (C=O) groups excluding carboxylic acids is 2. The number of hydrogen-bond donors (Lipinski definition) is 1. The van der Waals surface area contributed by atoms with Crippen LogP contribution in [0.1, 0.15) is 22.3 Å². The number of benzene rings is 2. The van der Waals surface area contributed by atoms with E-state index in [0.717, 1.165) is 9.87 Å². The predicted molar refractivity (Wildman–Crippen MR) is 96.5 cm³/mol. The Morgan fingerprint density at radius 2 is 1.92 bits per heavy atom. The van der Waals surface area contributed by atoms with Crippen molar-refractivity contribution in [2.45, 2.75) is 13.3 Å². The fraction of sp³-hybridized carbons (Fsp3) is 0.176.